The molecule has 1 N–H and O–H groups in total. The van der Waals surface area contributed by atoms with Gasteiger partial charge < -0.3 is 10.1 Å². The van der Waals surface area contributed by atoms with Gasteiger partial charge in [0.25, 0.3) is 0 Å². The number of hydrogen-bond donors (Lipinski definition) is 1. The lowest BCUT2D eigenvalue weighted by atomic mass is 9.88. The minimum Gasteiger partial charge on any atom is -0.466 e. The van der Waals surface area contributed by atoms with E-state index in [-0.39, 0.29) is 23.6 Å². The van der Waals surface area contributed by atoms with Crippen molar-refractivity contribution in [2.75, 3.05) is 17.3 Å². The van der Waals surface area contributed by atoms with Crippen molar-refractivity contribution in [1.82, 2.24) is 0 Å². The topological polar surface area (TPSA) is 75.7 Å². The number of allylic oxidation sites excluding steroid dienone is 1. The van der Waals surface area contributed by atoms with Crippen molar-refractivity contribution in [2.45, 2.75) is 26.7 Å². The van der Waals surface area contributed by atoms with Gasteiger partial charge in [0.1, 0.15) is 5.82 Å². The lowest BCUT2D eigenvalue weighted by molar-refractivity contribution is -0.138. The fourth-order valence-electron chi connectivity index (χ4n) is 3.65. The number of aryl methyl sites for hydroxylation is 1. The van der Waals surface area contributed by atoms with Gasteiger partial charge in [0.2, 0.25) is 11.8 Å². The van der Waals surface area contributed by atoms with Crippen LogP contribution in [0, 0.1) is 11.7 Å². The van der Waals surface area contributed by atoms with Crippen molar-refractivity contribution in [3.05, 3.63) is 71.2 Å². The van der Waals surface area contributed by atoms with Crippen molar-refractivity contribution in [2.24, 2.45) is 5.92 Å². The molecule has 0 spiro atoms. The van der Waals surface area contributed by atoms with Crippen LogP contribution in [-0.4, -0.2) is 24.9 Å². The number of anilines is 2. The van der Waals surface area contributed by atoms with E-state index in [4.69, 9.17) is 4.74 Å². The van der Waals surface area contributed by atoms with Crippen molar-refractivity contribution in [1.29, 1.82) is 0 Å². The van der Waals surface area contributed by atoms with Crippen LogP contribution >= 0.6 is 0 Å². The number of nitrogens with one attached hydrogen (secondary N) is 1. The molecule has 0 radical (unpaired) electrons. The van der Waals surface area contributed by atoms with Crippen LogP contribution in [0.1, 0.15) is 25.8 Å². The Balaban J connectivity index is 2.00. The first kappa shape index (κ1) is 21.2. The highest BCUT2D eigenvalue weighted by molar-refractivity contribution is 6.10. The van der Waals surface area contributed by atoms with Crippen LogP contribution in [0.4, 0.5) is 15.8 Å². The fourth-order valence-corrected chi connectivity index (χ4v) is 3.65. The van der Waals surface area contributed by atoms with E-state index >= 15 is 0 Å². The predicted octanol–water partition coefficient (Wildman–Crippen LogP) is 3.83. The summed E-state index contributed by atoms with van der Waals surface area (Å²) in [5, 5.41) is 2.84. The summed E-state index contributed by atoms with van der Waals surface area (Å²) < 4.78 is 18.2. The van der Waals surface area contributed by atoms with Gasteiger partial charge in [-0.25, -0.2) is 9.18 Å². The molecular weight excluding hydrogens is 387 g/mol. The van der Waals surface area contributed by atoms with Gasteiger partial charge in [-0.15, -0.1) is 0 Å². The highest BCUT2D eigenvalue weighted by Gasteiger charge is 2.40. The third-order valence-electron chi connectivity index (χ3n) is 5.16. The van der Waals surface area contributed by atoms with Crippen LogP contribution in [0.15, 0.2) is 59.8 Å². The first-order valence-corrected chi connectivity index (χ1v) is 9.63. The van der Waals surface area contributed by atoms with E-state index in [1.54, 1.807) is 19.1 Å². The Hall–Kier alpha value is -3.48. The molecule has 30 heavy (non-hydrogen) atoms. The molecule has 7 heteroatoms. The van der Waals surface area contributed by atoms with Crippen molar-refractivity contribution >= 4 is 29.2 Å². The third-order valence-corrected chi connectivity index (χ3v) is 5.16. The van der Waals surface area contributed by atoms with Crippen molar-refractivity contribution < 1.29 is 23.5 Å². The van der Waals surface area contributed by atoms with E-state index in [9.17, 15) is 18.8 Å². The Bertz CT molecular complexity index is 1010. The van der Waals surface area contributed by atoms with Gasteiger partial charge in [0, 0.05) is 23.5 Å². The maximum atomic E-state index is 13.3. The Morgan fingerprint density at radius 2 is 1.83 bits per heavy atom. The van der Waals surface area contributed by atoms with Crippen LogP contribution < -0.4 is 10.2 Å². The summed E-state index contributed by atoms with van der Waals surface area (Å²) in [6.45, 7) is 3.55. The molecule has 0 unspecified atom stereocenters. The Labute approximate surface area is 174 Å². The smallest absolute Gasteiger partial charge is 0.336 e. The van der Waals surface area contributed by atoms with Gasteiger partial charge >= 0.3 is 5.97 Å². The minimum atomic E-state index is -0.994. The number of esters is 1. The number of halogens is 1. The van der Waals surface area contributed by atoms with E-state index in [1.807, 2.05) is 19.1 Å². The molecule has 6 nitrogen and oxygen atoms in total. The maximum absolute atomic E-state index is 13.3. The maximum Gasteiger partial charge on any atom is 0.336 e. The van der Waals surface area contributed by atoms with Crippen molar-refractivity contribution in [3.63, 3.8) is 0 Å². The number of benzene rings is 2. The summed E-state index contributed by atoms with van der Waals surface area (Å²) in [6.07, 6.45) is 0.510. The number of methoxy groups -OCH3 is 1. The number of ether oxygens (including phenoxy) is 1. The number of nitrogens with zero attached hydrogens (tertiary/aromatic N) is 1. The second kappa shape index (κ2) is 8.90. The quantitative estimate of drug-likeness (QED) is 0.761. The van der Waals surface area contributed by atoms with Crippen LogP contribution in [0.25, 0.3) is 0 Å². The Morgan fingerprint density at radius 3 is 2.47 bits per heavy atom. The van der Waals surface area contributed by atoms with Gasteiger partial charge in [0.05, 0.1) is 18.6 Å². The first-order valence-electron chi connectivity index (χ1n) is 9.63. The molecule has 1 heterocycles. The predicted molar refractivity (Wildman–Crippen MR) is 111 cm³/mol. The molecule has 3 rings (SSSR count). The van der Waals surface area contributed by atoms with Crippen LogP contribution in [0.5, 0.6) is 0 Å². The number of para-hydroxylation sites is 1. The Kier molecular flexibility index (Phi) is 6.30. The highest BCUT2D eigenvalue weighted by atomic mass is 19.1. The molecule has 2 amide bonds. The van der Waals surface area contributed by atoms with E-state index < -0.39 is 23.6 Å². The zero-order valence-electron chi connectivity index (χ0n) is 17.1. The molecule has 0 bridgehead atoms. The largest absolute Gasteiger partial charge is 0.466 e. The van der Waals surface area contributed by atoms with Crippen molar-refractivity contribution in [3.8, 4) is 0 Å². The molecule has 2 aromatic rings. The standard InChI is InChI=1S/C23H23FN2O4/c1-4-15-7-5-6-8-19(15)25-22(28)18-13-20(27)26(14(2)21(18)23(29)30-3)17-11-9-16(24)10-12-17/h5-12,18H,4,13H2,1-3H3,(H,25,28)/t18-/m0/s1. The Morgan fingerprint density at radius 1 is 1.17 bits per heavy atom. The van der Waals surface area contributed by atoms with Gasteiger partial charge in [-0.1, -0.05) is 25.1 Å². The van der Waals surface area contributed by atoms with Crippen LogP contribution in [0.3, 0.4) is 0 Å². The molecular formula is C23H23FN2O4. The molecule has 0 aromatic heterocycles. The summed E-state index contributed by atoms with van der Waals surface area (Å²) in [4.78, 5) is 39.8. The summed E-state index contributed by atoms with van der Waals surface area (Å²) in [7, 11) is 1.22. The van der Waals surface area contributed by atoms with Gasteiger partial charge in [0.15, 0.2) is 0 Å². The van der Waals surface area contributed by atoms with E-state index in [0.717, 1.165) is 12.0 Å². The van der Waals surface area contributed by atoms with Gasteiger partial charge in [-0.05, 0) is 49.2 Å². The average Bonchev–Trinajstić information content (AvgIpc) is 2.74. The SMILES string of the molecule is CCc1ccccc1NC(=O)[C@H]1CC(=O)N(c2ccc(F)cc2)C(C)=C1C(=O)OC. The summed E-state index contributed by atoms with van der Waals surface area (Å²) in [5.41, 5.74) is 2.39. The van der Waals surface area contributed by atoms with Crippen LogP contribution in [0.2, 0.25) is 0 Å². The molecule has 1 aliphatic rings. The molecule has 0 saturated carbocycles. The zero-order valence-corrected chi connectivity index (χ0v) is 17.1. The van der Waals surface area contributed by atoms with Gasteiger partial charge in [-0.2, -0.15) is 0 Å². The molecule has 156 valence electrons. The van der Waals surface area contributed by atoms with Gasteiger partial charge in [-0.3, -0.25) is 14.5 Å². The number of hydrogen-bond acceptors (Lipinski definition) is 4. The highest BCUT2D eigenvalue weighted by Crippen LogP contribution is 2.34. The molecule has 0 aliphatic carbocycles. The summed E-state index contributed by atoms with van der Waals surface area (Å²) >= 11 is 0. The third kappa shape index (κ3) is 4.10. The second-order valence-electron chi connectivity index (χ2n) is 6.95. The van der Waals surface area contributed by atoms with E-state index in [1.165, 1.54) is 36.3 Å². The lowest BCUT2D eigenvalue weighted by Crippen LogP contribution is -2.43. The lowest BCUT2D eigenvalue weighted by Gasteiger charge is -2.33. The number of rotatable bonds is 5. The van der Waals surface area contributed by atoms with E-state index in [0.29, 0.717) is 11.4 Å². The molecule has 1 aliphatic heterocycles. The summed E-state index contributed by atoms with van der Waals surface area (Å²) in [5.74, 6) is -2.94. The van der Waals surface area contributed by atoms with Crippen LogP contribution in [-0.2, 0) is 25.5 Å². The number of carbonyl (C=O) groups is 3. The average molecular weight is 410 g/mol. The summed E-state index contributed by atoms with van der Waals surface area (Å²) in [6, 6.07) is 12.7. The monoisotopic (exact) mass is 410 g/mol. The fraction of sp³-hybridized carbons (Fsp3) is 0.261. The normalized spacial score (nSPS) is 16.5. The first-order chi connectivity index (χ1) is 14.4. The minimum absolute atomic E-state index is 0.105. The number of amides is 2. The van der Waals surface area contributed by atoms with E-state index in [2.05, 4.69) is 5.32 Å². The zero-order chi connectivity index (χ0) is 21.8. The second-order valence-corrected chi connectivity index (χ2v) is 6.95. The molecule has 2 aromatic carbocycles. The molecule has 0 saturated heterocycles. The molecule has 1 atom stereocenters. The molecule has 0 fully saturated rings. The number of carbonyl (C=O) groups excluding carboxylic acids is 3.